The normalized spacial score (nSPS) is 35.5. The molecule has 0 saturated heterocycles. The van der Waals surface area contributed by atoms with E-state index in [1.807, 2.05) is 18.2 Å². The Balaban J connectivity index is 1.34. The highest BCUT2D eigenvalue weighted by Gasteiger charge is 2.59. The number of ketones is 1. The van der Waals surface area contributed by atoms with Gasteiger partial charge < -0.3 is 19.5 Å². The summed E-state index contributed by atoms with van der Waals surface area (Å²) in [4.78, 5) is 16.2. The molecular weight excluding hydrogens is 474 g/mol. The van der Waals surface area contributed by atoms with Gasteiger partial charge in [0.15, 0.2) is 17.3 Å². The summed E-state index contributed by atoms with van der Waals surface area (Å²) in [7, 11) is 1.68. The van der Waals surface area contributed by atoms with Gasteiger partial charge in [0.1, 0.15) is 6.61 Å². The van der Waals surface area contributed by atoms with Crippen molar-refractivity contribution in [2.75, 3.05) is 33.4 Å². The lowest BCUT2D eigenvalue weighted by atomic mass is 9.48. The van der Waals surface area contributed by atoms with Gasteiger partial charge >= 0.3 is 0 Å². The molecule has 5 rings (SSSR count). The molecule has 5 heteroatoms. The fourth-order valence-corrected chi connectivity index (χ4v) is 8.36. The maximum absolute atomic E-state index is 13.9. The minimum Gasteiger partial charge on any atom is -0.493 e. The number of carbonyl (C=O) groups is 1. The van der Waals surface area contributed by atoms with E-state index in [0.29, 0.717) is 35.9 Å². The summed E-state index contributed by atoms with van der Waals surface area (Å²) in [6, 6.07) is 6.03. The van der Waals surface area contributed by atoms with Gasteiger partial charge in [-0.1, -0.05) is 45.4 Å². The second kappa shape index (κ2) is 10.8. The fraction of sp³-hybridized carbons (Fsp3) is 0.667. The third-order valence-corrected chi connectivity index (χ3v) is 10.8. The van der Waals surface area contributed by atoms with Crippen LogP contribution in [0, 0.1) is 28.6 Å². The Morgan fingerprint density at radius 3 is 2.55 bits per heavy atom. The summed E-state index contributed by atoms with van der Waals surface area (Å²) < 4.78 is 11.7. The summed E-state index contributed by atoms with van der Waals surface area (Å²) >= 11 is 0. The monoisotopic (exact) mass is 521 g/mol. The van der Waals surface area contributed by atoms with Crippen LogP contribution in [0.25, 0.3) is 6.08 Å². The SMILES string of the molecule is CCN(CC)CCOc1ccc(/C=C2\CC3C4CC=C5CC(O)CC[C@]5(C)C4CC[C@]3(C)C2=O)cc1OC. The Hall–Kier alpha value is -2.11. The Bertz CT molecular complexity index is 1100. The summed E-state index contributed by atoms with van der Waals surface area (Å²) in [6.45, 7) is 12.5. The Kier molecular flexibility index (Phi) is 7.81. The van der Waals surface area contributed by atoms with Crippen LogP contribution in [0.3, 0.4) is 0 Å². The van der Waals surface area contributed by atoms with Gasteiger partial charge in [-0.05, 0) is 111 Å². The van der Waals surface area contributed by atoms with Crippen LogP contribution in [-0.2, 0) is 4.79 Å². The van der Waals surface area contributed by atoms with Crippen LogP contribution in [0.4, 0.5) is 0 Å². The lowest BCUT2D eigenvalue weighted by Crippen LogP contribution is -2.50. The van der Waals surface area contributed by atoms with Gasteiger partial charge in [0.25, 0.3) is 0 Å². The number of rotatable bonds is 8. The summed E-state index contributed by atoms with van der Waals surface area (Å²) in [5, 5.41) is 10.3. The van der Waals surface area contributed by atoms with Crippen molar-refractivity contribution in [1.29, 1.82) is 0 Å². The summed E-state index contributed by atoms with van der Waals surface area (Å²) in [5.74, 6) is 3.37. The molecule has 1 aromatic carbocycles. The van der Waals surface area contributed by atoms with Crippen molar-refractivity contribution in [3.8, 4) is 11.5 Å². The van der Waals surface area contributed by atoms with Gasteiger partial charge in [0.2, 0.25) is 0 Å². The number of ether oxygens (including phenoxy) is 2. The second-order valence-corrected chi connectivity index (χ2v) is 12.6. The zero-order valence-corrected chi connectivity index (χ0v) is 24.1. The molecule has 208 valence electrons. The molecule has 3 fully saturated rings. The van der Waals surface area contributed by atoms with Crippen molar-refractivity contribution in [3.05, 3.63) is 41.0 Å². The first-order valence-corrected chi connectivity index (χ1v) is 14.9. The molecule has 4 aliphatic carbocycles. The number of likely N-dealkylation sites (N-methyl/N-ethyl adjacent to an activating group) is 1. The average molecular weight is 522 g/mol. The van der Waals surface area contributed by atoms with Crippen LogP contribution in [0.15, 0.2) is 35.4 Å². The molecular formula is C33H47NO4. The highest BCUT2D eigenvalue weighted by molar-refractivity contribution is 6.06. The number of fused-ring (bicyclic) bond motifs is 5. The van der Waals surface area contributed by atoms with Gasteiger partial charge in [-0.3, -0.25) is 4.79 Å². The maximum Gasteiger partial charge on any atom is 0.165 e. The third kappa shape index (κ3) is 4.75. The predicted molar refractivity (Wildman–Crippen MR) is 152 cm³/mol. The number of nitrogens with zero attached hydrogens (tertiary/aromatic N) is 1. The van der Waals surface area contributed by atoms with E-state index in [-0.39, 0.29) is 16.9 Å². The van der Waals surface area contributed by atoms with E-state index in [1.165, 1.54) is 5.57 Å². The van der Waals surface area contributed by atoms with Gasteiger partial charge in [-0.15, -0.1) is 0 Å². The predicted octanol–water partition coefficient (Wildman–Crippen LogP) is 6.30. The minimum atomic E-state index is -0.263. The third-order valence-electron chi connectivity index (χ3n) is 10.8. The molecule has 1 N–H and O–H groups in total. The van der Waals surface area contributed by atoms with Crippen LogP contribution in [0.2, 0.25) is 0 Å². The summed E-state index contributed by atoms with van der Waals surface area (Å²) in [6.07, 6.45) is 11.2. The molecule has 0 bridgehead atoms. The van der Waals surface area contributed by atoms with E-state index in [0.717, 1.165) is 81.5 Å². The highest BCUT2D eigenvalue weighted by Crippen LogP contribution is 2.64. The van der Waals surface area contributed by atoms with E-state index in [9.17, 15) is 9.90 Å². The fourth-order valence-electron chi connectivity index (χ4n) is 8.36. The average Bonchev–Trinajstić information content (AvgIpc) is 3.17. The molecule has 6 atom stereocenters. The Morgan fingerprint density at radius 2 is 1.82 bits per heavy atom. The first-order chi connectivity index (χ1) is 18.2. The number of hydrogen-bond donors (Lipinski definition) is 1. The highest BCUT2D eigenvalue weighted by atomic mass is 16.5. The molecule has 5 nitrogen and oxygen atoms in total. The van der Waals surface area contributed by atoms with E-state index >= 15 is 0 Å². The van der Waals surface area contributed by atoms with Crippen molar-refractivity contribution in [1.82, 2.24) is 4.90 Å². The number of Topliss-reactive ketones (excluding diaryl/α,β-unsaturated/α-hetero) is 1. The molecule has 0 amide bonds. The number of benzene rings is 1. The number of allylic oxidation sites excluding steroid dienone is 2. The molecule has 38 heavy (non-hydrogen) atoms. The number of aliphatic hydroxyl groups excluding tert-OH is 1. The van der Waals surface area contributed by atoms with E-state index in [2.05, 4.69) is 44.7 Å². The van der Waals surface area contributed by atoms with Crippen molar-refractivity contribution in [3.63, 3.8) is 0 Å². The number of hydrogen-bond acceptors (Lipinski definition) is 5. The molecule has 0 aliphatic heterocycles. The number of aliphatic hydroxyl groups is 1. The van der Waals surface area contributed by atoms with Crippen LogP contribution < -0.4 is 9.47 Å². The first-order valence-electron chi connectivity index (χ1n) is 14.9. The standard InChI is InChI=1S/C33H47NO4/c1-6-34(7-2)16-17-38-29-11-8-22(19-30(29)37-5)18-23-20-28-26-10-9-24-21-25(35)12-14-32(24,3)27(26)13-15-33(28,4)31(23)36/h8-9,11,18-19,25-28,35H,6-7,10,12-17,20-21H2,1-5H3/b23-18+/t25?,26?,27?,28?,32-,33-/m0/s1. The van der Waals surface area contributed by atoms with Crippen molar-refractivity contribution < 1.29 is 19.4 Å². The quantitative estimate of drug-likeness (QED) is 0.321. The van der Waals surface area contributed by atoms with E-state index in [4.69, 9.17) is 9.47 Å². The van der Waals surface area contributed by atoms with Crippen molar-refractivity contribution in [2.24, 2.45) is 28.6 Å². The molecule has 0 spiro atoms. The van der Waals surface area contributed by atoms with Crippen LogP contribution in [0.5, 0.6) is 11.5 Å². The first kappa shape index (κ1) is 27.5. The smallest absolute Gasteiger partial charge is 0.165 e. The molecule has 0 heterocycles. The van der Waals surface area contributed by atoms with Gasteiger partial charge in [0.05, 0.1) is 13.2 Å². The Labute approximate surface area is 229 Å². The number of carbonyl (C=O) groups excluding carboxylic acids is 1. The zero-order chi connectivity index (χ0) is 27.1. The molecule has 1 aromatic rings. The molecule has 4 aliphatic rings. The molecule has 3 saturated carbocycles. The van der Waals surface area contributed by atoms with E-state index in [1.54, 1.807) is 7.11 Å². The lowest BCUT2D eigenvalue weighted by Gasteiger charge is -2.56. The largest absolute Gasteiger partial charge is 0.493 e. The van der Waals surface area contributed by atoms with Crippen molar-refractivity contribution >= 4 is 11.9 Å². The minimum absolute atomic E-state index is 0.182. The zero-order valence-electron chi connectivity index (χ0n) is 24.1. The van der Waals surface area contributed by atoms with Gasteiger partial charge in [0, 0.05) is 12.0 Å². The number of methoxy groups -OCH3 is 1. The van der Waals surface area contributed by atoms with Gasteiger partial charge in [-0.25, -0.2) is 0 Å². The van der Waals surface area contributed by atoms with Gasteiger partial charge in [-0.2, -0.15) is 0 Å². The van der Waals surface area contributed by atoms with E-state index < -0.39 is 0 Å². The molecule has 4 unspecified atom stereocenters. The van der Waals surface area contributed by atoms with Crippen LogP contribution >= 0.6 is 0 Å². The lowest BCUT2D eigenvalue weighted by molar-refractivity contribution is -0.130. The summed E-state index contributed by atoms with van der Waals surface area (Å²) in [5.41, 5.74) is 3.37. The van der Waals surface area contributed by atoms with Crippen molar-refractivity contribution in [2.45, 2.75) is 78.7 Å². The second-order valence-electron chi connectivity index (χ2n) is 12.6. The Morgan fingerprint density at radius 1 is 1.05 bits per heavy atom. The topological polar surface area (TPSA) is 59.0 Å². The molecule has 0 aromatic heterocycles. The van der Waals surface area contributed by atoms with Crippen LogP contribution in [0.1, 0.15) is 78.2 Å². The maximum atomic E-state index is 13.9. The van der Waals surface area contributed by atoms with Crippen LogP contribution in [-0.4, -0.2) is 55.2 Å². The molecule has 0 radical (unpaired) electrons.